The van der Waals surface area contributed by atoms with E-state index in [-0.39, 0.29) is 24.0 Å². The molecule has 2 aromatic heterocycles. The molecule has 2 N–H and O–H groups in total. The van der Waals surface area contributed by atoms with Gasteiger partial charge in [0.15, 0.2) is 5.96 Å². The number of nitrogens with zero attached hydrogens (tertiary/aromatic N) is 4. The van der Waals surface area contributed by atoms with Crippen LogP contribution in [0.15, 0.2) is 21.8 Å². The SMILES string of the molecule is CN=C(NCCc1nnc2n1CCCCC2)NCc1ccsc1.I. The van der Waals surface area contributed by atoms with Gasteiger partial charge in [-0.3, -0.25) is 4.99 Å². The third kappa shape index (κ3) is 5.17. The van der Waals surface area contributed by atoms with Gasteiger partial charge in [0, 0.05) is 39.5 Å². The lowest BCUT2D eigenvalue weighted by Crippen LogP contribution is -2.38. The second-order valence-corrected chi connectivity index (χ2v) is 6.51. The molecule has 6 nitrogen and oxygen atoms in total. The molecule has 0 unspecified atom stereocenters. The van der Waals surface area contributed by atoms with Crippen LogP contribution in [0.4, 0.5) is 0 Å². The van der Waals surface area contributed by atoms with Crippen molar-refractivity contribution in [1.82, 2.24) is 25.4 Å². The molecule has 1 aliphatic rings. The largest absolute Gasteiger partial charge is 0.356 e. The van der Waals surface area contributed by atoms with Crippen LogP contribution in [0, 0.1) is 0 Å². The third-order valence-corrected chi connectivity index (χ3v) is 4.82. The van der Waals surface area contributed by atoms with E-state index in [0.717, 1.165) is 50.1 Å². The molecular weight excluding hydrogens is 435 g/mol. The van der Waals surface area contributed by atoms with Gasteiger partial charge in [0.05, 0.1) is 0 Å². The third-order valence-electron chi connectivity index (χ3n) is 4.09. The molecule has 0 aromatic carbocycles. The molecule has 3 rings (SSSR count). The van der Waals surface area contributed by atoms with Crippen molar-refractivity contribution in [2.45, 2.75) is 45.2 Å². The summed E-state index contributed by atoms with van der Waals surface area (Å²) in [5.74, 6) is 3.06. The number of rotatable bonds is 5. The van der Waals surface area contributed by atoms with Gasteiger partial charge in [-0.15, -0.1) is 34.2 Å². The normalized spacial score (nSPS) is 14.5. The average molecular weight is 460 g/mol. The Hall–Kier alpha value is -1.16. The summed E-state index contributed by atoms with van der Waals surface area (Å²) < 4.78 is 2.30. The molecule has 2 aromatic rings. The van der Waals surface area contributed by atoms with E-state index >= 15 is 0 Å². The van der Waals surface area contributed by atoms with Gasteiger partial charge in [0.1, 0.15) is 11.6 Å². The van der Waals surface area contributed by atoms with Crippen molar-refractivity contribution in [2.75, 3.05) is 13.6 Å². The molecule has 8 heteroatoms. The number of aliphatic imine (C=N–C) groups is 1. The number of hydrogen-bond acceptors (Lipinski definition) is 4. The lowest BCUT2D eigenvalue weighted by molar-refractivity contribution is 0.600. The van der Waals surface area contributed by atoms with Crippen molar-refractivity contribution in [3.8, 4) is 0 Å². The molecule has 0 spiro atoms. The van der Waals surface area contributed by atoms with Gasteiger partial charge >= 0.3 is 0 Å². The lowest BCUT2D eigenvalue weighted by atomic mass is 10.2. The van der Waals surface area contributed by atoms with Crippen molar-refractivity contribution in [3.63, 3.8) is 0 Å². The van der Waals surface area contributed by atoms with Crippen LogP contribution in [0.5, 0.6) is 0 Å². The maximum Gasteiger partial charge on any atom is 0.191 e. The first-order chi connectivity index (χ1) is 11.4. The molecule has 3 heterocycles. The monoisotopic (exact) mass is 460 g/mol. The minimum Gasteiger partial charge on any atom is -0.356 e. The highest BCUT2D eigenvalue weighted by Gasteiger charge is 2.14. The number of thiophene rings is 1. The van der Waals surface area contributed by atoms with Crippen molar-refractivity contribution < 1.29 is 0 Å². The van der Waals surface area contributed by atoms with Crippen LogP contribution in [0.1, 0.15) is 36.5 Å². The number of aromatic nitrogens is 3. The minimum atomic E-state index is 0. The van der Waals surface area contributed by atoms with E-state index in [4.69, 9.17) is 0 Å². The van der Waals surface area contributed by atoms with Crippen molar-refractivity contribution in [3.05, 3.63) is 34.0 Å². The fraction of sp³-hybridized carbons (Fsp3) is 0.562. The molecule has 0 aliphatic carbocycles. The summed E-state index contributed by atoms with van der Waals surface area (Å²) in [6, 6.07) is 2.12. The molecule has 0 amide bonds. The summed E-state index contributed by atoms with van der Waals surface area (Å²) in [6.07, 6.45) is 5.68. The zero-order chi connectivity index (χ0) is 15.9. The summed E-state index contributed by atoms with van der Waals surface area (Å²) in [7, 11) is 1.80. The highest BCUT2D eigenvalue weighted by Crippen LogP contribution is 2.14. The maximum absolute atomic E-state index is 4.36. The fourth-order valence-electron chi connectivity index (χ4n) is 2.82. The zero-order valence-electron chi connectivity index (χ0n) is 14.0. The van der Waals surface area contributed by atoms with Crippen LogP contribution in [-0.2, 0) is 25.9 Å². The number of guanidine groups is 1. The molecule has 0 saturated heterocycles. The van der Waals surface area contributed by atoms with Crippen LogP contribution in [-0.4, -0.2) is 34.3 Å². The van der Waals surface area contributed by atoms with Gasteiger partial charge in [0.25, 0.3) is 0 Å². The molecule has 0 atom stereocenters. The highest BCUT2D eigenvalue weighted by atomic mass is 127. The topological polar surface area (TPSA) is 67.1 Å². The van der Waals surface area contributed by atoms with Crippen LogP contribution >= 0.6 is 35.3 Å². The smallest absolute Gasteiger partial charge is 0.191 e. The Balaban J connectivity index is 0.00000208. The Morgan fingerprint density at radius 2 is 2.21 bits per heavy atom. The van der Waals surface area contributed by atoms with Gasteiger partial charge in [-0.1, -0.05) is 6.42 Å². The summed E-state index contributed by atoms with van der Waals surface area (Å²) >= 11 is 1.71. The molecule has 0 saturated carbocycles. The van der Waals surface area contributed by atoms with E-state index in [0.29, 0.717) is 0 Å². The number of hydrogen-bond donors (Lipinski definition) is 2. The molecule has 24 heavy (non-hydrogen) atoms. The second kappa shape index (κ2) is 9.97. The molecule has 132 valence electrons. The van der Waals surface area contributed by atoms with Crippen molar-refractivity contribution >= 4 is 41.3 Å². The average Bonchev–Trinajstić information content (AvgIpc) is 3.16. The van der Waals surface area contributed by atoms with Gasteiger partial charge in [-0.05, 0) is 35.2 Å². The van der Waals surface area contributed by atoms with Crippen LogP contribution in [0.25, 0.3) is 0 Å². The first-order valence-corrected chi connectivity index (χ1v) is 9.17. The van der Waals surface area contributed by atoms with Gasteiger partial charge in [-0.2, -0.15) is 11.3 Å². The predicted octanol–water partition coefficient (Wildman–Crippen LogP) is 2.59. The predicted molar refractivity (Wildman–Crippen MR) is 109 cm³/mol. The van der Waals surface area contributed by atoms with Crippen LogP contribution in [0.3, 0.4) is 0 Å². The Bertz CT molecular complexity index is 637. The maximum atomic E-state index is 4.36. The van der Waals surface area contributed by atoms with Crippen molar-refractivity contribution in [2.24, 2.45) is 4.99 Å². The number of nitrogens with one attached hydrogen (secondary N) is 2. The first-order valence-electron chi connectivity index (χ1n) is 8.23. The molecule has 0 bridgehead atoms. The van der Waals surface area contributed by atoms with E-state index in [1.165, 1.54) is 24.8 Å². The number of aryl methyl sites for hydroxylation is 1. The van der Waals surface area contributed by atoms with Gasteiger partial charge < -0.3 is 15.2 Å². The summed E-state index contributed by atoms with van der Waals surface area (Å²) in [5, 5.41) is 19.6. The quantitative estimate of drug-likeness (QED) is 0.409. The van der Waals surface area contributed by atoms with E-state index < -0.39 is 0 Å². The Labute approximate surface area is 164 Å². The standard InChI is InChI=1S/C16H24N6S.HI/c1-17-16(19-11-13-7-10-23-12-13)18-8-6-15-21-20-14-5-3-2-4-9-22(14)15;/h7,10,12H,2-6,8-9,11H2,1H3,(H2,17,18,19);1H. The summed E-state index contributed by atoms with van der Waals surface area (Å²) in [5.41, 5.74) is 1.28. The van der Waals surface area contributed by atoms with Crippen molar-refractivity contribution in [1.29, 1.82) is 0 Å². The zero-order valence-corrected chi connectivity index (χ0v) is 17.1. The fourth-order valence-corrected chi connectivity index (χ4v) is 3.49. The Kier molecular flexibility index (Phi) is 7.97. The Morgan fingerprint density at radius 3 is 3.00 bits per heavy atom. The van der Waals surface area contributed by atoms with Crippen LogP contribution < -0.4 is 10.6 Å². The molecular formula is C16H25IN6S. The highest BCUT2D eigenvalue weighted by molar-refractivity contribution is 14.0. The van der Waals surface area contributed by atoms with E-state index in [1.54, 1.807) is 18.4 Å². The second-order valence-electron chi connectivity index (χ2n) is 5.73. The molecule has 1 aliphatic heterocycles. The summed E-state index contributed by atoms with van der Waals surface area (Å²) in [6.45, 7) is 2.66. The summed E-state index contributed by atoms with van der Waals surface area (Å²) in [4.78, 5) is 4.26. The minimum absolute atomic E-state index is 0. The Morgan fingerprint density at radius 1 is 1.29 bits per heavy atom. The van der Waals surface area contributed by atoms with E-state index in [1.807, 2.05) is 0 Å². The number of halogens is 1. The van der Waals surface area contributed by atoms with E-state index in [2.05, 4.69) is 47.2 Å². The molecule has 0 radical (unpaired) electrons. The number of fused-ring (bicyclic) bond motifs is 1. The first kappa shape index (κ1) is 19.2. The van der Waals surface area contributed by atoms with E-state index in [9.17, 15) is 0 Å². The van der Waals surface area contributed by atoms with Gasteiger partial charge in [0.2, 0.25) is 0 Å². The lowest BCUT2D eigenvalue weighted by Gasteiger charge is -2.12. The van der Waals surface area contributed by atoms with Crippen LogP contribution in [0.2, 0.25) is 0 Å². The molecule has 0 fully saturated rings. The van der Waals surface area contributed by atoms with Gasteiger partial charge in [-0.25, -0.2) is 0 Å².